The predicted octanol–water partition coefficient (Wildman–Crippen LogP) is 5.97. The summed E-state index contributed by atoms with van der Waals surface area (Å²) < 4.78 is 11.8. The van der Waals surface area contributed by atoms with Gasteiger partial charge in [0.2, 0.25) is 5.91 Å². The molecule has 1 N–H and O–H groups in total. The molecule has 3 aromatic rings. The number of hydrogen-bond donors (Lipinski definition) is 1. The molecule has 1 aliphatic carbocycles. The first kappa shape index (κ1) is 25.1. The van der Waals surface area contributed by atoms with Gasteiger partial charge in [0.15, 0.2) is 5.76 Å². The third-order valence-electron chi connectivity index (χ3n) is 7.49. The van der Waals surface area contributed by atoms with E-state index in [0.29, 0.717) is 12.3 Å². The first-order valence-corrected chi connectivity index (χ1v) is 13.5. The van der Waals surface area contributed by atoms with Crippen molar-refractivity contribution >= 4 is 11.8 Å². The van der Waals surface area contributed by atoms with Crippen LogP contribution in [0.5, 0.6) is 5.75 Å². The SMILES string of the molecule is CCCNC(=O)c1ccc(COc2ccc3c(c2)[C@H](c2cccc(C)c2)N(C(=O)C2CCCC2)CC3)o1. The highest BCUT2D eigenvalue weighted by Crippen LogP contribution is 2.40. The maximum Gasteiger partial charge on any atom is 0.286 e. The summed E-state index contributed by atoms with van der Waals surface area (Å²) in [5.41, 5.74) is 4.70. The minimum absolute atomic E-state index is 0.127. The minimum Gasteiger partial charge on any atom is -0.486 e. The number of fused-ring (bicyclic) bond motifs is 1. The second kappa shape index (κ2) is 11.2. The quantitative estimate of drug-likeness (QED) is 0.414. The highest BCUT2D eigenvalue weighted by molar-refractivity contribution is 5.91. The smallest absolute Gasteiger partial charge is 0.286 e. The van der Waals surface area contributed by atoms with Crippen LogP contribution < -0.4 is 10.1 Å². The summed E-state index contributed by atoms with van der Waals surface area (Å²) in [5, 5.41) is 2.82. The van der Waals surface area contributed by atoms with Gasteiger partial charge in [-0.15, -0.1) is 0 Å². The van der Waals surface area contributed by atoms with Gasteiger partial charge in [-0.3, -0.25) is 9.59 Å². The third-order valence-corrected chi connectivity index (χ3v) is 7.49. The minimum atomic E-state index is -0.213. The summed E-state index contributed by atoms with van der Waals surface area (Å²) in [4.78, 5) is 27.9. The Kier molecular flexibility index (Phi) is 7.63. The zero-order chi connectivity index (χ0) is 25.8. The molecule has 194 valence electrons. The van der Waals surface area contributed by atoms with Gasteiger partial charge in [0.05, 0.1) is 6.04 Å². The van der Waals surface area contributed by atoms with Gasteiger partial charge in [0, 0.05) is 19.0 Å². The van der Waals surface area contributed by atoms with E-state index in [1.54, 1.807) is 12.1 Å². The van der Waals surface area contributed by atoms with E-state index in [-0.39, 0.29) is 36.1 Å². The van der Waals surface area contributed by atoms with Crippen molar-refractivity contribution in [2.24, 2.45) is 5.92 Å². The van der Waals surface area contributed by atoms with Gasteiger partial charge in [0.1, 0.15) is 18.1 Å². The number of aryl methyl sites for hydroxylation is 1. The third kappa shape index (κ3) is 5.58. The van der Waals surface area contributed by atoms with Crippen LogP contribution in [-0.2, 0) is 17.8 Å². The zero-order valence-corrected chi connectivity index (χ0v) is 21.8. The number of rotatable bonds is 8. The van der Waals surface area contributed by atoms with Gasteiger partial charge >= 0.3 is 0 Å². The average Bonchev–Trinajstić information content (AvgIpc) is 3.62. The van der Waals surface area contributed by atoms with Crippen LogP contribution in [0.25, 0.3) is 0 Å². The highest BCUT2D eigenvalue weighted by Gasteiger charge is 2.36. The van der Waals surface area contributed by atoms with E-state index >= 15 is 0 Å². The van der Waals surface area contributed by atoms with Crippen LogP contribution in [0.3, 0.4) is 0 Å². The first-order chi connectivity index (χ1) is 18.0. The molecule has 0 spiro atoms. The fourth-order valence-corrected chi connectivity index (χ4v) is 5.58. The van der Waals surface area contributed by atoms with Crippen molar-refractivity contribution < 1.29 is 18.7 Å². The van der Waals surface area contributed by atoms with Crippen molar-refractivity contribution in [3.63, 3.8) is 0 Å². The number of hydrogen-bond acceptors (Lipinski definition) is 4. The van der Waals surface area contributed by atoms with Gasteiger partial charge in [-0.25, -0.2) is 0 Å². The Hall–Kier alpha value is -3.54. The summed E-state index contributed by atoms with van der Waals surface area (Å²) in [7, 11) is 0. The fraction of sp³-hybridized carbons (Fsp3) is 0.419. The topological polar surface area (TPSA) is 71.8 Å². The van der Waals surface area contributed by atoms with E-state index in [1.165, 1.54) is 11.1 Å². The van der Waals surface area contributed by atoms with Crippen LogP contribution in [0.4, 0.5) is 0 Å². The van der Waals surface area contributed by atoms with Crippen molar-refractivity contribution in [2.45, 2.75) is 65.0 Å². The van der Waals surface area contributed by atoms with E-state index in [9.17, 15) is 9.59 Å². The number of nitrogens with zero attached hydrogens (tertiary/aromatic N) is 1. The lowest BCUT2D eigenvalue weighted by Gasteiger charge is -2.39. The molecule has 2 heterocycles. The molecule has 2 aromatic carbocycles. The molecule has 1 aromatic heterocycles. The number of carbonyl (C=O) groups is 2. The lowest BCUT2D eigenvalue weighted by Crippen LogP contribution is -2.43. The predicted molar refractivity (Wildman–Crippen MR) is 143 cm³/mol. The summed E-state index contributed by atoms with van der Waals surface area (Å²) in [6.07, 6.45) is 5.98. The number of benzene rings is 2. The molecule has 0 saturated heterocycles. The second-order valence-electron chi connectivity index (χ2n) is 10.3. The summed E-state index contributed by atoms with van der Waals surface area (Å²) >= 11 is 0. The Bertz CT molecular complexity index is 1260. The van der Waals surface area contributed by atoms with E-state index in [1.807, 2.05) is 13.0 Å². The van der Waals surface area contributed by atoms with Crippen LogP contribution >= 0.6 is 0 Å². The molecule has 37 heavy (non-hydrogen) atoms. The first-order valence-electron chi connectivity index (χ1n) is 13.5. The standard InChI is InChI=1S/C31H36N2O4/c1-3-16-32-30(34)28-14-13-26(37-28)20-36-25-12-11-22-15-17-33(31(35)23-8-4-5-9-23)29(27(22)19-25)24-10-6-7-21(2)18-24/h6-7,10-14,18-19,23,29H,3-5,8-9,15-17,20H2,1-2H3,(H,32,34)/t29-/m0/s1. The summed E-state index contributed by atoms with van der Waals surface area (Å²) in [5.74, 6) is 1.81. The highest BCUT2D eigenvalue weighted by atomic mass is 16.5. The molecule has 1 saturated carbocycles. The number of carbonyl (C=O) groups excluding carboxylic acids is 2. The van der Waals surface area contributed by atoms with E-state index in [0.717, 1.165) is 61.9 Å². The van der Waals surface area contributed by atoms with E-state index in [2.05, 4.69) is 53.5 Å². The van der Waals surface area contributed by atoms with Crippen LogP contribution in [0.2, 0.25) is 0 Å². The van der Waals surface area contributed by atoms with E-state index in [4.69, 9.17) is 9.15 Å². The Morgan fingerprint density at radius 2 is 1.92 bits per heavy atom. The molecule has 6 heteroatoms. The van der Waals surface area contributed by atoms with Crippen molar-refractivity contribution in [1.29, 1.82) is 0 Å². The molecule has 0 unspecified atom stereocenters. The molecule has 6 nitrogen and oxygen atoms in total. The Morgan fingerprint density at radius 3 is 2.70 bits per heavy atom. The van der Waals surface area contributed by atoms with Gasteiger partial charge < -0.3 is 19.4 Å². The second-order valence-corrected chi connectivity index (χ2v) is 10.3. The Morgan fingerprint density at radius 1 is 1.08 bits per heavy atom. The van der Waals surface area contributed by atoms with Crippen molar-refractivity contribution in [3.05, 3.63) is 88.4 Å². The number of furan rings is 1. The molecule has 2 aliphatic rings. The van der Waals surface area contributed by atoms with Crippen LogP contribution in [-0.4, -0.2) is 29.8 Å². The largest absolute Gasteiger partial charge is 0.486 e. The van der Waals surface area contributed by atoms with Gasteiger partial charge in [-0.1, -0.05) is 55.7 Å². The normalized spacial score (nSPS) is 17.5. The molecule has 0 bridgehead atoms. The van der Waals surface area contributed by atoms with Crippen LogP contribution in [0.15, 0.2) is 59.0 Å². The number of ether oxygens (including phenoxy) is 1. The molecule has 2 amide bonds. The molecule has 1 aliphatic heterocycles. The Balaban J connectivity index is 1.39. The van der Waals surface area contributed by atoms with Gasteiger partial charge in [0.25, 0.3) is 5.91 Å². The zero-order valence-electron chi connectivity index (χ0n) is 21.8. The van der Waals surface area contributed by atoms with Crippen LogP contribution in [0, 0.1) is 12.8 Å². The number of nitrogens with one attached hydrogen (secondary N) is 1. The molecule has 1 fully saturated rings. The molecule has 1 atom stereocenters. The van der Waals surface area contributed by atoms with Gasteiger partial charge in [-0.2, -0.15) is 0 Å². The molecular weight excluding hydrogens is 464 g/mol. The van der Waals surface area contributed by atoms with Crippen molar-refractivity contribution in [3.8, 4) is 5.75 Å². The monoisotopic (exact) mass is 500 g/mol. The number of amides is 2. The van der Waals surface area contributed by atoms with E-state index < -0.39 is 0 Å². The fourth-order valence-electron chi connectivity index (χ4n) is 5.58. The molecular formula is C31H36N2O4. The maximum atomic E-state index is 13.6. The van der Waals surface area contributed by atoms with Gasteiger partial charge in [-0.05, 0) is 73.6 Å². The molecule has 5 rings (SSSR count). The lowest BCUT2D eigenvalue weighted by atomic mass is 9.86. The molecule has 0 radical (unpaired) electrons. The van der Waals surface area contributed by atoms with Crippen molar-refractivity contribution in [2.75, 3.05) is 13.1 Å². The average molecular weight is 501 g/mol. The van der Waals surface area contributed by atoms with Crippen molar-refractivity contribution in [1.82, 2.24) is 10.2 Å². The Labute approximate surface area is 219 Å². The van der Waals surface area contributed by atoms with Crippen LogP contribution in [0.1, 0.15) is 83.6 Å². The summed E-state index contributed by atoms with van der Waals surface area (Å²) in [6.45, 7) is 5.67. The maximum absolute atomic E-state index is 13.6. The lowest BCUT2D eigenvalue weighted by molar-refractivity contribution is -0.137. The summed E-state index contributed by atoms with van der Waals surface area (Å²) in [6, 6.07) is 18.0.